The van der Waals surface area contributed by atoms with E-state index in [0.717, 1.165) is 11.5 Å². The molecular weight excluding hydrogens is 278 g/mol. The largest absolute Gasteiger partial charge is 0.463 e. The average Bonchev–Trinajstić information content (AvgIpc) is 3.16. The summed E-state index contributed by atoms with van der Waals surface area (Å²) in [6.07, 6.45) is 14.8. The molecule has 2 nitrogen and oxygen atoms in total. The van der Waals surface area contributed by atoms with E-state index in [9.17, 15) is 0 Å². The van der Waals surface area contributed by atoms with Crippen LogP contribution in [-0.4, -0.2) is 10.7 Å². The van der Waals surface area contributed by atoms with Gasteiger partial charge in [-0.2, -0.15) is 0 Å². The van der Waals surface area contributed by atoms with Crippen LogP contribution in [0.4, 0.5) is 0 Å². The summed E-state index contributed by atoms with van der Waals surface area (Å²) in [4.78, 5) is 4.57. The maximum absolute atomic E-state index is 5.47. The molecule has 2 heterocycles. The molecule has 1 N–H and O–H groups in total. The van der Waals surface area contributed by atoms with Gasteiger partial charge in [0.15, 0.2) is 5.76 Å². The van der Waals surface area contributed by atoms with Gasteiger partial charge in [-0.15, -0.1) is 11.8 Å². The standard InChI is InChI=1S/C18H27NOS/c1-2-3-4-5-6-7-8-9-15-21-17-12-13-19-18(17)16-11-10-14-20-16/h10-14,19H,2-9,15H2,1H3. The molecule has 0 amide bonds. The molecule has 0 unspecified atom stereocenters. The van der Waals surface area contributed by atoms with Crippen molar-refractivity contribution >= 4 is 11.8 Å². The molecule has 0 aliphatic heterocycles. The minimum atomic E-state index is 0.929. The molecule has 0 atom stereocenters. The first-order valence-corrected chi connectivity index (χ1v) is 9.24. The second kappa shape index (κ2) is 9.78. The molecule has 0 bridgehead atoms. The maximum atomic E-state index is 5.47. The molecular formula is C18H27NOS. The topological polar surface area (TPSA) is 28.9 Å². The molecule has 21 heavy (non-hydrogen) atoms. The molecule has 0 aromatic carbocycles. The Morgan fingerprint density at radius 3 is 2.48 bits per heavy atom. The van der Waals surface area contributed by atoms with E-state index in [-0.39, 0.29) is 0 Å². The molecule has 2 aromatic rings. The van der Waals surface area contributed by atoms with Gasteiger partial charge in [-0.05, 0) is 30.4 Å². The number of aromatic nitrogens is 1. The van der Waals surface area contributed by atoms with Crippen molar-refractivity contribution in [2.45, 2.75) is 63.2 Å². The van der Waals surface area contributed by atoms with Gasteiger partial charge in [0.2, 0.25) is 0 Å². The van der Waals surface area contributed by atoms with Crippen molar-refractivity contribution in [3.8, 4) is 11.5 Å². The summed E-state index contributed by atoms with van der Waals surface area (Å²) in [7, 11) is 0. The van der Waals surface area contributed by atoms with Crippen molar-refractivity contribution in [1.29, 1.82) is 0 Å². The summed E-state index contributed by atoms with van der Waals surface area (Å²) in [5, 5.41) is 0. The molecule has 0 radical (unpaired) electrons. The van der Waals surface area contributed by atoms with Gasteiger partial charge in [-0.1, -0.05) is 51.9 Å². The zero-order valence-electron chi connectivity index (χ0n) is 13.1. The van der Waals surface area contributed by atoms with E-state index >= 15 is 0 Å². The molecule has 0 spiro atoms. The predicted molar refractivity (Wildman–Crippen MR) is 91.8 cm³/mol. The number of rotatable bonds is 11. The fourth-order valence-corrected chi connectivity index (χ4v) is 3.54. The zero-order chi connectivity index (χ0) is 14.8. The molecule has 0 fully saturated rings. The summed E-state index contributed by atoms with van der Waals surface area (Å²) in [6, 6.07) is 6.09. The summed E-state index contributed by atoms with van der Waals surface area (Å²) in [6.45, 7) is 2.27. The quantitative estimate of drug-likeness (QED) is 0.379. The predicted octanol–water partition coefficient (Wildman–Crippen LogP) is 6.51. The van der Waals surface area contributed by atoms with E-state index in [1.165, 1.54) is 62.0 Å². The zero-order valence-corrected chi connectivity index (χ0v) is 13.9. The van der Waals surface area contributed by atoms with Crippen molar-refractivity contribution in [3.63, 3.8) is 0 Å². The van der Waals surface area contributed by atoms with Gasteiger partial charge < -0.3 is 9.40 Å². The third-order valence-corrected chi connectivity index (χ3v) is 4.88. The second-order valence-corrected chi connectivity index (χ2v) is 6.65. The maximum Gasteiger partial charge on any atom is 0.151 e. The van der Waals surface area contributed by atoms with Crippen LogP contribution < -0.4 is 0 Å². The lowest BCUT2D eigenvalue weighted by Gasteiger charge is -2.03. The first kappa shape index (κ1) is 16.3. The average molecular weight is 305 g/mol. The van der Waals surface area contributed by atoms with E-state index in [2.05, 4.69) is 18.0 Å². The van der Waals surface area contributed by atoms with E-state index in [1.54, 1.807) is 6.26 Å². The van der Waals surface area contributed by atoms with Crippen LogP contribution in [0.25, 0.3) is 11.5 Å². The lowest BCUT2D eigenvalue weighted by Crippen LogP contribution is -1.84. The highest BCUT2D eigenvalue weighted by atomic mass is 32.2. The van der Waals surface area contributed by atoms with Crippen molar-refractivity contribution < 1.29 is 4.42 Å². The molecule has 0 aliphatic rings. The fraction of sp³-hybridized carbons (Fsp3) is 0.556. The molecule has 2 rings (SSSR count). The van der Waals surface area contributed by atoms with E-state index in [4.69, 9.17) is 4.42 Å². The third kappa shape index (κ3) is 5.66. The van der Waals surface area contributed by atoms with Gasteiger partial charge in [-0.25, -0.2) is 0 Å². The number of furan rings is 1. The lowest BCUT2D eigenvalue weighted by atomic mass is 10.1. The summed E-state index contributed by atoms with van der Waals surface area (Å²) in [5.74, 6) is 2.12. The highest BCUT2D eigenvalue weighted by molar-refractivity contribution is 7.99. The first-order chi connectivity index (χ1) is 10.4. The van der Waals surface area contributed by atoms with Crippen LogP contribution in [0.3, 0.4) is 0 Å². The normalized spacial score (nSPS) is 11.1. The molecule has 0 aliphatic carbocycles. The summed E-state index contributed by atoms with van der Waals surface area (Å²) in [5.41, 5.74) is 1.12. The molecule has 3 heteroatoms. The number of unbranched alkanes of at least 4 members (excludes halogenated alkanes) is 7. The Balaban J connectivity index is 1.58. The highest BCUT2D eigenvalue weighted by Gasteiger charge is 2.08. The van der Waals surface area contributed by atoms with Crippen LogP contribution in [-0.2, 0) is 0 Å². The van der Waals surface area contributed by atoms with Crippen LogP contribution in [0.2, 0.25) is 0 Å². The van der Waals surface area contributed by atoms with Crippen LogP contribution in [0.15, 0.2) is 40.0 Å². The Labute approximate surface area is 132 Å². The lowest BCUT2D eigenvalue weighted by molar-refractivity contribution is 0.579. The van der Waals surface area contributed by atoms with Crippen LogP contribution >= 0.6 is 11.8 Å². The van der Waals surface area contributed by atoms with Crippen LogP contribution in [0.1, 0.15) is 58.3 Å². The third-order valence-electron chi connectivity index (χ3n) is 3.73. The van der Waals surface area contributed by atoms with Crippen molar-refractivity contribution in [2.75, 3.05) is 5.75 Å². The monoisotopic (exact) mass is 305 g/mol. The van der Waals surface area contributed by atoms with E-state index < -0.39 is 0 Å². The van der Waals surface area contributed by atoms with Crippen LogP contribution in [0.5, 0.6) is 0 Å². The Kier molecular flexibility index (Phi) is 7.58. The number of nitrogens with one attached hydrogen (secondary N) is 1. The van der Waals surface area contributed by atoms with E-state index in [0.29, 0.717) is 0 Å². The number of hydrogen-bond donors (Lipinski definition) is 1. The van der Waals surface area contributed by atoms with Gasteiger partial charge in [0.05, 0.1) is 12.0 Å². The number of H-pyrrole nitrogens is 1. The minimum absolute atomic E-state index is 0.929. The fourth-order valence-electron chi connectivity index (χ4n) is 2.51. The number of thioether (sulfide) groups is 1. The van der Waals surface area contributed by atoms with Gasteiger partial charge in [0, 0.05) is 11.1 Å². The number of aromatic amines is 1. The van der Waals surface area contributed by atoms with Gasteiger partial charge in [-0.3, -0.25) is 0 Å². The SMILES string of the molecule is CCCCCCCCCCSc1cc[nH]c1-c1ccco1. The Hall–Kier alpha value is -1.09. The Bertz CT molecular complexity index is 475. The second-order valence-electron chi connectivity index (χ2n) is 5.52. The minimum Gasteiger partial charge on any atom is -0.463 e. The highest BCUT2D eigenvalue weighted by Crippen LogP contribution is 2.31. The molecule has 116 valence electrons. The Morgan fingerprint density at radius 2 is 1.76 bits per heavy atom. The molecule has 2 aromatic heterocycles. The number of hydrogen-bond acceptors (Lipinski definition) is 2. The summed E-state index contributed by atoms with van der Waals surface area (Å²) >= 11 is 1.93. The van der Waals surface area contributed by atoms with Crippen molar-refractivity contribution in [2.24, 2.45) is 0 Å². The van der Waals surface area contributed by atoms with Gasteiger partial charge >= 0.3 is 0 Å². The molecule has 0 saturated carbocycles. The van der Waals surface area contributed by atoms with Crippen molar-refractivity contribution in [1.82, 2.24) is 4.98 Å². The Morgan fingerprint density at radius 1 is 1.00 bits per heavy atom. The van der Waals surface area contributed by atoms with E-state index in [1.807, 2.05) is 30.1 Å². The molecule has 0 saturated heterocycles. The van der Waals surface area contributed by atoms with Crippen molar-refractivity contribution in [3.05, 3.63) is 30.7 Å². The summed E-state index contributed by atoms with van der Waals surface area (Å²) < 4.78 is 5.47. The first-order valence-electron chi connectivity index (χ1n) is 8.26. The van der Waals surface area contributed by atoms with Crippen LogP contribution in [0, 0.1) is 0 Å². The van der Waals surface area contributed by atoms with Gasteiger partial charge in [0.1, 0.15) is 0 Å². The van der Waals surface area contributed by atoms with Gasteiger partial charge in [0.25, 0.3) is 0 Å². The smallest absolute Gasteiger partial charge is 0.151 e.